The number of hydrogen-bond donors (Lipinski definition) is 3. The molecule has 0 aliphatic rings. The van der Waals surface area contributed by atoms with E-state index in [0.29, 0.717) is 16.8 Å². The summed E-state index contributed by atoms with van der Waals surface area (Å²) in [6, 6.07) is 7.34. The molecule has 0 bridgehead atoms. The van der Waals surface area contributed by atoms with E-state index in [1.54, 1.807) is 25.3 Å². The van der Waals surface area contributed by atoms with E-state index in [9.17, 15) is 15.3 Å². The van der Waals surface area contributed by atoms with Crippen LogP contribution in [0, 0.1) is 0 Å². The summed E-state index contributed by atoms with van der Waals surface area (Å²) >= 11 is 0. The fourth-order valence-electron chi connectivity index (χ4n) is 1.92. The van der Waals surface area contributed by atoms with Gasteiger partial charge in [-0.2, -0.15) is 0 Å². The summed E-state index contributed by atoms with van der Waals surface area (Å²) in [6.45, 7) is 0. The number of phenols is 3. The van der Waals surface area contributed by atoms with E-state index >= 15 is 0 Å². The Morgan fingerprint density at radius 1 is 0.950 bits per heavy atom. The topological polar surface area (TPSA) is 101 Å². The molecule has 20 heavy (non-hydrogen) atoms. The van der Waals surface area contributed by atoms with Crippen LogP contribution in [0.4, 0.5) is 0 Å². The van der Waals surface area contributed by atoms with Crippen LogP contribution < -0.4 is 4.74 Å². The molecule has 0 atom stereocenters. The Hall–Kier alpha value is -2.96. The predicted molar refractivity (Wildman–Crippen MR) is 70.4 cm³/mol. The highest BCUT2D eigenvalue weighted by Gasteiger charge is 2.15. The number of aromatic hydroxyl groups is 3. The number of rotatable bonds is 2. The lowest BCUT2D eigenvalue weighted by molar-refractivity contribution is 0.415. The SMILES string of the molecule is COc1ccc2nn(-c3c(O)cc(O)cc3O)nc2c1. The van der Waals surface area contributed by atoms with Crippen molar-refractivity contribution >= 4 is 11.0 Å². The van der Waals surface area contributed by atoms with E-state index in [1.165, 1.54) is 0 Å². The van der Waals surface area contributed by atoms with Crippen molar-refractivity contribution in [1.82, 2.24) is 15.0 Å². The molecule has 0 radical (unpaired) electrons. The van der Waals surface area contributed by atoms with Gasteiger partial charge in [0.05, 0.1) is 7.11 Å². The van der Waals surface area contributed by atoms with Crippen LogP contribution in [-0.2, 0) is 0 Å². The van der Waals surface area contributed by atoms with Crippen molar-refractivity contribution in [1.29, 1.82) is 0 Å². The van der Waals surface area contributed by atoms with Crippen molar-refractivity contribution in [3.63, 3.8) is 0 Å². The molecule has 0 aliphatic carbocycles. The van der Waals surface area contributed by atoms with Gasteiger partial charge in [-0.25, -0.2) is 0 Å². The highest BCUT2D eigenvalue weighted by molar-refractivity contribution is 5.76. The first kappa shape index (κ1) is 12.1. The van der Waals surface area contributed by atoms with Crippen molar-refractivity contribution in [2.24, 2.45) is 0 Å². The molecule has 0 fully saturated rings. The molecule has 3 aromatic rings. The molecule has 7 nitrogen and oxygen atoms in total. The summed E-state index contributed by atoms with van der Waals surface area (Å²) in [7, 11) is 1.54. The molecule has 0 saturated heterocycles. The molecule has 102 valence electrons. The number of methoxy groups -OCH3 is 1. The first-order chi connectivity index (χ1) is 9.58. The second kappa shape index (κ2) is 4.30. The lowest BCUT2D eigenvalue weighted by atomic mass is 10.2. The Kier molecular flexibility index (Phi) is 2.60. The molecule has 0 spiro atoms. The van der Waals surface area contributed by atoms with Gasteiger partial charge in [0.1, 0.15) is 22.5 Å². The fourth-order valence-corrected chi connectivity index (χ4v) is 1.92. The van der Waals surface area contributed by atoms with Gasteiger partial charge in [0.2, 0.25) is 0 Å². The second-order valence-corrected chi connectivity index (χ2v) is 4.18. The number of aromatic nitrogens is 3. The molecule has 0 aliphatic heterocycles. The lowest BCUT2D eigenvalue weighted by Gasteiger charge is -2.05. The van der Waals surface area contributed by atoms with Crippen LogP contribution >= 0.6 is 0 Å². The molecule has 3 rings (SSSR count). The van der Waals surface area contributed by atoms with Crippen LogP contribution in [0.15, 0.2) is 30.3 Å². The molecule has 7 heteroatoms. The number of ether oxygens (including phenoxy) is 1. The smallest absolute Gasteiger partial charge is 0.169 e. The third kappa shape index (κ3) is 1.85. The first-order valence-corrected chi connectivity index (χ1v) is 5.75. The molecule has 0 saturated carbocycles. The third-order valence-electron chi connectivity index (χ3n) is 2.84. The number of phenolic OH excluding ortho intramolecular Hbond substituents is 3. The van der Waals surface area contributed by atoms with E-state index in [4.69, 9.17) is 4.74 Å². The zero-order chi connectivity index (χ0) is 14.3. The summed E-state index contributed by atoms with van der Waals surface area (Å²) in [5.41, 5.74) is 1.13. The average molecular weight is 273 g/mol. The van der Waals surface area contributed by atoms with Crippen LogP contribution in [0.25, 0.3) is 16.7 Å². The molecule has 2 aromatic carbocycles. The van der Waals surface area contributed by atoms with E-state index in [-0.39, 0.29) is 22.9 Å². The quantitative estimate of drug-likeness (QED) is 0.655. The van der Waals surface area contributed by atoms with Crippen LogP contribution in [-0.4, -0.2) is 37.4 Å². The molecular formula is C13H11N3O4. The Morgan fingerprint density at radius 3 is 2.25 bits per heavy atom. The van der Waals surface area contributed by atoms with E-state index in [0.717, 1.165) is 16.9 Å². The van der Waals surface area contributed by atoms with E-state index in [2.05, 4.69) is 10.2 Å². The van der Waals surface area contributed by atoms with Crippen LogP contribution in [0.3, 0.4) is 0 Å². The minimum absolute atomic E-state index is 0.00188. The number of nitrogens with zero attached hydrogens (tertiary/aromatic N) is 3. The number of fused-ring (bicyclic) bond motifs is 1. The minimum atomic E-state index is -0.324. The molecule has 1 aromatic heterocycles. The van der Waals surface area contributed by atoms with Crippen LogP contribution in [0.2, 0.25) is 0 Å². The predicted octanol–water partition coefficient (Wildman–Crippen LogP) is 1.55. The monoisotopic (exact) mass is 273 g/mol. The van der Waals surface area contributed by atoms with Crippen molar-refractivity contribution in [3.8, 4) is 28.7 Å². The van der Waals surface area contributed by atoms with Crippen molar-refractivity contribution < 1.29 is 20.1 Å². The molecule has 0 amide bonds. The van der Waals surface area contributed by atoms with Gasteiger partial charge in [-0.3, -0.25) is 0 Å². The van der Waals surface area contributed by atoms with Gasteiger partial charge in [0.25, 0.3) is 0 Å². The lowest BCUT2D eigenvalue weighted by Crippen LogP contribution is -1.99. The summed E-state index contributed by atoms with van der Waals surface area (Å²) in [6.07, 6.45) is 0. The summed E-state index contributed by atoms with van der Waals surface area (Å²) < 4.78 is 5.09. The fraction of sp³-hybridized carbons (Fsp3) is 0.0769. The van der Waals surface area contributed by atoms with Crippen molar-refractivity contribution in [2.45, 2.75) is 0 Å². The minimum Gasteiger partial charge on any atom is -0.508 e. The summed E-state index contributed by atoms with van der Waals surface area (Å²) in [5.74, 6) is -0.268. The number of hydrogen-bond acceptors (Lipinski definition) is 6. The maximum atomic E-state index is 9.81. The second-order valence-electron chi connectivity index (χ2n) is 4.18. The molecule has 0 unspecified atom stereocenters. The highest BCUT2D eigenvalue weighted by atomic mass is 16.5. The first-order valence-electron chi connectivity index (χ1n) is 5.75. The summed E-state index contributed by atoms with van der Waals surface area (Å²) in [4.78, 5) is 1.11. The zero-order valence-corrected chi connectivity index (χ0v) is 10.5. The Bertz CT molecular complexity index is 774. The highest BCUT2D eigenvalue weighted by Crippen LogP contribution is 2.34. The molecular weight excluding hydrogens is 262 g/mol. The summed E-state index contributed by atoms with van der Waals surface area (Å²) in [5, 5.41) is 37.2. The van der Waals surface area contributed by atoms with Gasteiger partial charge in [0.15, 0.2) is 17.2 Å². The standard InChI is InChI=1S/C13H11N3O4/c1-20-8-2-3-9-10(6-8)15-16(14-9)13-11(18)4-7(17)5-12(13)19/h2-6,17-19H,1H3. The largest absolute Gasteiger partial charge is 0.508 e. The molecule has 3 N–H and O–H groups in total. The van der Waals surface area contributed by atoms with Gasteiger partial charge in [0, 0.05) is 18.2 Å². The van der Waals surface area contributed by atoms with Crippen LogP contribution in [0.5, 0.6) is 23.0 Å². The Morgan fingerprint density at radius 2 is 1.60 bits per heavy atom. The van der Waals surface area contributed by atoms with Gasteiger partial charge in [-0.05, 0) is 12.1 Å². The van der Waals surface area contributed by atoms with E-state index < -0.39 is 0 Å². The van der Waals surface area contributed by atoms with Crippen molar-refractivity contribution in [3.05, 3.63) is 30.3 Å². The maximum absolute atomic E-state index is 9.81. The van der Waals surface area contributed by atoms with Gasteiger partial charge in [-0.15, -0.1) is 15.0 Å². The van der Waals surface area contributed by atoms with Gasteiger partial charge < -0.3 is 20.1 Å². The molecule has 1 heterocycles. The Labute approximate surface area is 113 Å². The van der Waals surface area contributed by atoms with E-state index in [1.807, 2.05) is 0 Å². The van der Waals surface area contributed by atoms with Crippen molar-refractivity contribution in [2.75, 3.05) is 7.11 Å². The maximum Gasteiger partial charge on any atom is 0.169 e. The average Bonchev–Trinajstić information content (AvgIpc) is 2.79. The van der Waals surface area contributed by atoms with Gasteiger partial charge >= 0.3 is 0 Å². The Balaban J connectivity index is 2.20. The van der Waals surface area contributed by atoms with Crippen LogP contribution in [0.1, 0.15) is 0 Å². The zero-order valence-electron chi connectivity index (χ0n) is 10.5. The third-order valence-corrected chi connectivity index (χ3v) is 2.84. The number of benzene rings is 2. The normalized spacial score (nSPS) is 10.8. The van der Waals surface area contributed by atoms with Gasteiger partial charge in [-0.1, -0.05) is 0 Å².